The number of non-ortho nitro benzene ring substituents is 1. The highest BCUT2D eigenvalue weighted by molar-refractivity contribution is 5.95. The number of carbonyl (C=O) groups excluding carboxylic acids is 2. The molecule has 10 heteroatoms. The van der Waals surface area contributed by atoms with Gasteiger partial charge in [-0.3, -0.25) is 30.6 Å². The van der Waals surface area contributed by atoms with E-state index in [-0.39, 0.29) is 17.7 Å². The Morgan fingerprint density at radius 2 is 1.66 bits per heavy atom. The predicted molar refractivity (Wildman–Crippen MR) is 103 cm³/mol. The van der Waals surface area contributed by atoms with E-state index in [1.54, 1.807) is 12.1 Å². The van der Waals surface area contributed by atoms with Gasteiger partial charge in [0.1, 0.15) is 0 Å². The van der Waals surface area contributed by atoms with Crippen LogP contribution < -0.4 is 25.1 Å². The van der Waals surface area contributed by atoms with Gasteiger partial charge >= 0.3 is 0 Å². The fraction of sp³-hybridized carbons (Fsp3) is 0.263. The monoisotopic (exact) mass is 403 g/mol. The van der Waals surface area contributed by atoms with Crippen LogP contribution in [0.25, 0.3) is 0 Å². The number of carbonyl (C=O) groups is 2. The van der Waals surface area contributed by atoms with Crippen molar-refractivity contribution >= 4 is 17.5 Å². The zero-order chi connectivity index (χ0) is 21.4. The molecule has 154 valence electrons. The number of amides is 2. The van der Waals surface area contributed by atoms with Crippen LogP contribution in [0, 0.1) is 10.1 Å². The van der Waals surface area contributed by atoms with Gasteiger partial charge in [-0.15, -0.1) is 0 Å². The maximum absolute atomic E-state index is 12.0. The molecule has 0 atom stereocenters. The molecule has 0 unspecified atom stereocenters. The minimum Gasteiger partial charge on any atom is -0.493 e. The van der Waals surface area contributed by atoms with Gasteiger partial charge in [-0.25, -0.2) is 0 Å². The quantitative estimate of drug-likeness (QED) is 0.509. The number of methoxy groups -OCH3 is 3. The first kappa shape index (κ1) is 21.5. The summed E-state index contributed by atoms with van der Waals surface area (Å²) in [6.45, 7) is 0. The van der Waals surface area contributed by atoms with Crippen molar-refractivity contribution in [3.05, 3.63) is 57.6 Å². The van der Waals surface area contributed by atoms with Crippen molar-refractivity contribution < 1.29 is 28.7 Å². The third kappa shape index (κ3) is 5.58. The van der Waals surface area contributed by atoms with Crippen molar-refractivity contribution in [3.63, 3.8) is 0 Å². The summed E-state index contributed by atoms with van der Waals surface area (Å²) >= 11 is 0. The highest BCUT2D eigenvalue weighted by atomic mass is 16.6. The van der Waals surface area contributed by atoms with Crippen molar-refractivity contribution in [1.82, 2.24) is 10.9 Å². The van der Waals surface area contributed by atoms with Crippen LogP contribution in [0.5, 0.6) is 17.2 Å². The normalized spacial score (nSPS) is 10.0. The SMILES string of the molecule is COc1cc(CCC(=O)NNC(=O)c2cccc([N+](=O)[O-])c2)cc(OC)c1OC. The fourth-order valence-electron chi connectivity index (χ4n) is 2.56. The third-order valence-corrected chi connectivity index (χ3v) is 4.00. The molecule has 0 saturated heterocycles. The van der Waals surface area contributed by atoms with E-state index in [1.807, 2.05) is 0 Å². The van der Waals surface area contributed by atoms with Crippen LogP contribution in [0.1, 0.15) is 22.3 Å². The Labute approximate surface area is 166 Å². The largest absolute Gasteiger partial charge is 0.493 e. The van der Waals surface area contributed by atoms with Gasteiger partial charge in [0.2, 0.25) is 11.7 Å². The van der Waals surface area contributed by atoms with Crippen molar-refractivity contribution in [2.75, 3.05) is 21.3 Å². The van der Waals surface area contributed by atoms with Crippen molar-refractivity contribution in [1.29, 1.82) is 0 Å². The van der Waals surface area contributed by atoms with Gasteiger partial charge in [0, 0.05) is 24.1 Å². The standard InChI is InChI=1S/C19H21N3O7/c1-27-15-9-12(10-16(28-2)18(15)29-3)7-8-17(23)20-21-19(24)13-5-4-6-14(11-13)22(25)26/h4-6,9-11H,7-8H2,1-3H3,(H,20,23)(H,21,24). The molecule has 0 spiro atoms. The highest BCUT2D eigenvalue weighted by Crippen LogP contribution is 2.38. The molecule has 0 aliphatic rings. The second-order valence-electron chi connectivity index (χ2n) is 5.84. The number of hydrogen-bond donors (Lipinski definition) is 2. The average Bonchev–Trinajstić information content (AvgIpc) is 2.74. The Hall–Kier alpha value is -3.82. The van der Waals surface area contributed by atoms with E-state index in [2.05, 4.69) is 10.9 Å². The Morgan fingerprint density at radius 1 is 1.00 bits per heavy atom. The van der Waals surface area contributed by atoms with Crippen LogP contribution >= 0.6 is 0 Å². The molecule has 2 N–H and O–H groups in total. The second kappa shape index (κ2) is 9.93. The fourth-order valence-corrected chi connectivity index (χ4v) is 2.56. The van der Waals surface area contributed by atoms with Crippen molar-refractivity contribution in [2.45, 2.75) is 12.8 Å². The summed E-state index contributed by atoms with van der Waals surface area (Å²) in [6.07, 6.45) is 0.434. The summed E-state index contributed by atoms with van der Waals surface area (Å²) in [4.78, 5) is 34.2. The van der Waals surface area contributed by atoms with E-state index < -0.39 is 16.7 Å². The number of nitro benzene ring substituents is 1. The molecule has 0 aliphatic heterocycles. The van der Waals surface area contributed by atoms with Gasteiger partial charge in [0.15, 0.2) is 11.5 Å². The summed E-state index contributed by atoms with van der Waals surface area (Å²) in [5, 5.41) is 10.8. The minimum atomic E-state index is -0.658. The Kier molecular flexibility index (Phi) is 7.35. The van der Waals surface area contributed by atoms with E-state index in [0.29, 0.717) is 23.7 Å². The number of benzene rings is 2. The number of hydrogen-bond acceptors (Lipinski definition) is 7. The smallest absolute Gasteiger partial charge is 0.270 e. The lowest BCUT2D eigenvalue weighted by Gasteiger charge is -2.14. The number of aryl methyl sites for hydroxylation is 1. The molecule has 0 saturated carbocycles. The number of rotatable bonds is 8. The number of nitrogens with zero attached hydrogens (tertiary/aromatic N) is 1. The molecule has 2 amide bonds. The number of hydrazine groups is 1. The van der Waals surface area contributed by atoms with E-state index in [9.17, 15) is 19.7 Å². The van der Waals surface area contributed by atoms with E-state index in [1.165, 1.54) is 39.5 Å². The first-order chi connectivity index (χ1) is 13.9. The first-order valence-electron chi connectivity index (χ1n) is 8.52. The summed E-state index contributed by atoms with van der Waals surface area (Å²) in [5.74, 6) is 0.308. The number of nitro groups is 1. The molecule has 2 rings (SSSR count). The van der Waals surface area contributed by atoms with Crippen LogP contribution in [-0.4, -0.2) is 38.1 Å². The van der Waals surface area contributed by atoms with Crippen LogP contribution in [0.4, 0.5) is 5.69 Å². The molecular formula is C19H21N3O7. The van der Waals surface area contributed by atoms with Crippen LogP contribution in [0.15, 0.2) is 36.4 Å². The highest BCUT2D eigenvalue weighted by Gasteiger charge is 2.15. The van der Waals surface area contributed by atoms with Gasteiger partial charge in [-0.2, -0.15) is 0 Å². The zero-order valence-electron chi connectivity index (χ0n) is 16.2. The van der Waals surface area contributed by atoms with Gasteiger partial charge in [-0.1, -0.05) is 6.07 Å². The number of ether oxygens (including phenoxy) is 3. The summed E-state index contributed by atoms with van der Waals surface area (Å²) in [7, 11) is 4.49. The van der Waals surface area contributed by atoms with Crippen LogP contribution in [-0.2, 0) is 11.2 Å². The average molecular weight is 403 g/mol. The van der Waals surface area contributed by atoms with Gasteiger partial charge in [0.05, 0.1) is 26.3 Å². The molecule has 10 nitrogen and oxygen atoms in total. The Bertz CT molecular complexity index is 889. The summed E-state index contributed by atoms with van der Waals surface area (Å²) in [6, 6.07) is 8.65. The molecule has 0 fully saturated rings. The maximum Gasteiger partial charge on any atom is 0.270 e. The minimum absolute atomic E-state index is 0.0594. The lowest BCUT2D eigenvalue weighted by atomic mass is 10.1. The topological polar surface area (TPSA) is 129 Å². The molecule has 2 aromatic carbocycles. The molecular weight excluding hydrogens is 382 g/mol. The van der Waals surface area contributed by atoms with Gasteiger partial charge < -0.3 is 14.2 Å². The lowest BCUT2D eigenvalue weighted by Crippen LogP contribution is -2.41. The second-order valence-corrected chi connectivity index (χ2v) is 5.84. The van der Waals surface area contributed by atoms with Crippen LogP contribution in [0.2, 0.25) is 0 Å². The van der Waals surface area contributed by atoms with E-state index >= 15 is 0 Å². The predicted octanol–water partition coefficient (Wildman–Crippen LogP) is 2.01. The Morgan fingerprint density at radius 3 is 2.21 bits per heavy atom. The first-order valence-corrected chi connectivity index (χ1v) is 8.52. The van der Waals surface area contributed by atoms with Crippen molar-refractivity contribution in [3.8, 4) is 17.2 Å². The summed E-state index contributed by atoms with van der Waals surface area (Å²) < 4.78 is 15.8. The summed E-state index contributed by atoms with van der Waals surface area (Å²) in [5.41, 5.74) is 5.14. The van der Waals surface area contributed by atoms with Crippen molar-refractivity contribution in [2.24, 2.45) is 0 Å². The van der Waals surface area contributed by atoms with Gasteiger partial charge in [0.25, 0.3) is 11.6 Å². The molecule has 0 heterocycles. The van der Waals surface area contributed by atoms with Crippen LogP contribution in [0.3, 0.4) is 0 Å². The number of nitrogens with one attached hydrogen (secondary N) is 2. The molecule has 29 heavy (non-hydrogen) atoms. The third-order valence-electron chi connectivity index (χ3n) is 4.00. The molecule has 0 aromatic heterocycles. The van der Waals surface area contributed by atoms with E-state index in [4.69, 9.17) is 14.2 Å². The maximum atomic E-state index is 12.0. The Balaban J connectivity index is 1.94. The lowest BCUT2D eigenvalue weighted by molar-refractivity contribution is -0.384. The molecule has 0 bridgehead atoms. The molecule has 0 aliphatic carbocycles. The zero-order valence-corrected chi connectivity index (χ0v) is 16.2. The van der Waals surface area contributed by atoms with E-state index in [0.717, 1.165) is 11.6 Å². The molecule has 2 aromatic rings. The molecule has 0 radical (unpaired) electrons. The van der Waals surface area contributed by atoms with Gasteiger partial charge in [-0.05, 0) is 30.2 Å².